The molecule has 0 atom stereocenters. The largest absolute Gasteiger partial charge is 0.411 e. The molecule has 4 rings (SSSR count). The van der Waals surface area contributed by atoms with Crippen molar-refractivity contribution in [3.63, 3.8) is 0 Å². The summed E-state index contributed by atoms with van der Waals surface area (Å²) in [4.78, 5) is 4.38. The number of hydrogen-bond donors (Lipinski definition) is 0. The van der Waals surface area contributed by atoms with E-state index >= 15 is 0 Å². The number of benzene rings is 2. The van der Waals surface area contributed by atoms with Gasteiger partial charge in [0.05, 0.1) is 5.75 Å². The zero-order chi connectivity index (χ0) is 18.8. The molecule has 0 fully saturated rings. The zero-order valence-corrected chi connectivity index (χ0v) is 16.2. The molecular weight excluding hydrogens is 384 g/mol. The van der Waals surface area contributed by atoms with Crippen LogP contribution in [0.25, 0.3) is 22.9 Å². The summed E-state index contributed by atoms with van der Waals surface area (Å²) in [6, 6.07) is 13.4. The molecule has 2 aromatic carbocycles. The van der Waals surface area contributed by atoms with E-state index in [1.807, 2.05) is 38.1 Å². The first-order valence-corrected chi connectivity index (χ1v) is 9.57. The highest BCUT2D eigenvalue weighted by atomic mass is 35.5. The summed E-state index contributed by atoms with van der Waals surface area (Å²) in [5.41, 5.74) is 4.03. The third kappa shape index (κ3) is 4.20. The Kier molecular flexibility index (Phi) is 4.96. The molecule has 0 amide bonds. The van der Waals surface area contributed by atoms with Gasteiger partial charge in [0.2, 0.25) is 5.89 Å². The summed E-state index contributed by atoms with van der Waals surface area (Å²) in [6.07, 6.45) is 0. The van der Waals surface area contributed by atoms with Gasteiger partial charge in [-0.25, -0.2) is 0 Å². The lowest BCUT2D eigenvalue weighted by molar-refractivity contribution is 0.425. The van der Waals surface area contributed by atoms with Gasteiger partial charge in [0, 0.05) is 16.1 Å². The Morgan fingerprint density at radius 1 is 0.926 bits per heavy atom. The Balaban J connectivity index is 1.44. The van der Waals surface area contributed by atoms with E-state index < -0.39 is 0 Å². The van der Waals surface area contributed by atoms with Crippen molar-refractivity contribution in [2.75, 3.05) is 0 Å². The molecule has 0 saturated heterocycles. The zero-order valence-electron chi connectivity index (χ0n) is 14.6. The van der Waals surface area contributed by atoms with Gasteiger partial charge < -0.3 is 8.94 Å². The van der Waals surface area contributed by atoms with E-state index in [1.54, 1.807) is 12.1 Å². The molecule has 0 unspecified atom stereocenters. The highest BCUT2D eigenvalue weighted by Crippen LogP contribution is 2.27. The lowest BCUT2D eigenvalue weighted by Gasteiger charge is -1.99. The van der Waals surface area contributed by atoms with Crippen molar-refractivity contribution >= 4 is 23.4 Å². The average Bonchev–Trinajstić information content (AvgIpc) is 3.29. The fourth-order valence-electron chi connectivity index (χ4n) is 2.63. The van der Waals surface area contributed by atoms with Crippen LogP contribution in [0.5, 0.6) is 0 Å². The summed E-state index contributed by atoms with van der Waals surface area (Å²) < 4.78 is 11.0. The minimum atomic E-state index is 0.448. The predicted octanol–water partition coefficient (Wildman–Crippen LogP) is 5.35. The van der Waals surface area contributed by atoms with Crippen LogP contribution in [0.3, 0.4) is 0 Å². The fourth-order valence-corrected chi connectivity index (χ4v) is 3.36. The standard InChI is InChI=1S/C19H15ClN4O2S/c1-11-7-12(2)9-14(8-11)18-22-23-19(25-18)27-10-16-21-17(26-24-16)13-3-5-15(20)6-4-13/h3-9H,10H2,1-2H3. The van der Waals surface area contributed by atoms with E-state index in [4.69, 9.17) is 20.5 Å². The van der Waals surface area contributed by atoms with Crippen molar-refractivity contribution in [2.24, 2.45) is 0 Å². The minimum absolute atomic E-state index is 0.448. The maximum Gasteiger partial charge on any atom is 0.277 e. The van der Waals surface area contributed by atoms with Crippen molar-refractivity contribution in [1.82, 2.24) is 20.3 Å². The van der Waals surface area contributed by atoms with Gasteiger partial charge in [-0.2, -0.15) is 4.98 Å². The number of aromatic nitrogens is 4. The molecule has 0 bridgehead atoms. The SMILES string of the molecule is Cc1cc(C)cc(-c2nnc(SCc3noc(-c4ccc(Cl)cc4)n3)o2)c1. The topological polar surface area (TPSA) is 77.8 Å². The average molecular weight is 399 g/mol. The van der Waals surface area contributed by atoms with Gasteiger partial charge in [-0.3, -0.25) is 0 Å². The Hall–Kier alpha value is -2.64. The number of thioether (sulfide) groups is 1. The molecule has 0 spiro atoms. The predicted molar refractivity (Wildman–Crippen MR) is 104 cm³/mol. The molecule has 6 nitrogen and oxygen atoms in total. The van der Waals surface area contributed by atoms with Crippen LogP contribution < -0.4 is 0 Å². The van der Waals surface area contributed by atoms with Crippen molar-refractivity contribution in [3.8, 4) is 22.9 Å². The Morgan fingerprint density at radius 3 is 2.41 bits per heavy atom. The van der Waals surface area contributed by atoms with E-state index in [9.17, 15) is 0 Å². The van der Waals surface area contributed by atoms with Gasteiger partial charge in [-0.05, 0) is 50.2 Å². The molecule has 0 aliphatic heterocycles. The van der Waals surface area contributed by atoms with Crippen molar-refractivity contribution < 1.29 is 8.94 Å². The summed E-state index contributed by atoms with van der Waals surface area (Å²) in [6.45, 7) is 4.08. The van der Waals surface area contributed by atoms with Crippen molar-refractivity contribution in [2.45, 2.75) is 24.8 Å². The Labute approximate surface area is 165 Å². The molecule has 0 N–H and O–H groups in total. The molecule has 2 aromatic heterocycles. The summed E-state index contributed by atoms with van der Waals surface area (Å²) >= 11 is 7.25. The highest BCUT2D eigenvalue weighted by Gasteiger charge is 2.13. The second-order valence-electron chi connectivity index (χ2n) is 6.06. The molecule has 136 valence electrons. The third-order valence-corrected chi connectivity index (χ3v) is 4.83. The van der Waals surface area contributed by atoms with Crippen LogP contribution in [0, 0.1) is 13.8 Å². The molecule has 2 heterocycles. The molecule has 8 heteroatoms. The molecule has 0 aliphatic carbocycles. The Morgan fingerprint density at radius 2 is 1.67 bits per heavy atom. The van der Waals surface area contributed by atoms with Gasteiger partial charge in [0.15, 0.2) is 5.82 Å². The monoisotopic (exact) mass is 398 g/mol. The summed E-state index contributed by atoms with van der Waals surface area (Å²) in [5, 5.41) is 13.3. The van der Waals surface area contributed by atoms with E-state index in [2.05, 4.69) is 26.4 Å². The van der Waals surface area contributed by atoms with Crippen LogP contribution in [0.4, 0.5) is 0 Å². The first-order valence-electron chi connectivity index (χ1n) is 8.20. The van der Waals surface area contributed by atoms with Crippen LogP contribution >= 0.6 is 23.4 Å². The van der Waals surface area contributed by atoms with E-state index in [1.165, 1.54) is 11.8 Å². The number of rotatable bonds is 5. The number of aryl methyl sites for hydroxylation is 2. The maximum absolute atomic E-state index is 5.89. The van der Waals surface area contributed by atoms with Crippen LogP contribution in [-0.4, -0.2) is 20.3 Å². The second kappa shape index (κ2) is 7.54. The second-order valence-corrected chi connectivity index (χ2v) is 7.42. The fraction of sp³-hybridized carbons (Fsp3) is 0.158. The van der Waals surface area contributed by atoms with Gasteiger partial charge in [-0.15, -0.1) is 10.2 Å². The Bertz CT molecular complexity index is 1060. The smallest absolute Gasteiger partial charge is 0.277 e. The minimum Gasteiger partial charge on any atom is -0.411 e. The van der Waals surface area contributed by atoms with E-state index in [0.717, 1.165) is 22.3 Å². The van der Waals surface area contributed by atoms with Crippen molar-refractivity contribution in [3.05, 3.63) is 64.4 Å². The van der Waals surface area contributed by atoms with Crippen molar-refractivity contribution in [1.29, 1.82) is 0 Å². The number of hydrogen-bond acceptors (Lipinski definition) is 7. The summed E-state index contributed by atoms with van der Waals surface area (Å²) in [5.74, 6) is 1.96. The first-order chi connectivity index (χ1) is 13.1. The van der Waals surface area contributed by atoms with Crippen LogP contribution in [0.15, 0.2) is 56.6 Å². The summed E-state index contributed by atoms with van der Waals surface area (Å²) in [7, 11) is 0. The first kappa shape index (κ1) is 17.8. The quantitative estimate of drug-likeness (QED) is 0.419. The molecule has 4 aromatic rings. The molecule has 0 aliphatic rings. The van der Waals surface area contributed by atoms with Gasteiger partial charge in [-0.1, -0.05) is 45.7 Å². The van der Waals surface area contributed by atoms with Crippen LogP contribution in [-0.2, 0) is 5.75 Å². The maximum atomic E-state index is 5.89. The number of halogens is 1. The normalized spacial score (nSPS) is 11.1. The molecule has 0 saturated carbocycles. The number of nitrogens with zero attached hydrogens (tertiary/aromatic N) is 4. The van der Waals surface area contributed by atoms with Crippen LogP contribution in [0.1, 0.15) is 17.0 Å². The third-order valence-electron chi connectivity index (χ3n) is 3.76. The van der Waals surface area contributed by atoms with Crippen LogP contribution in [0.2, 0.25) is 5.02 Å². The lowest BCUT2D eigenvalue weighted by Crippen LogP contribution is -1.84. The van der Waals surface area contributed by atoms with E-state index in [-0.39, 0.29) is 0 Å². The molecular formula is C19H15ClN4O2S. The highest BCUT2D eigenvalue weighted by molar-refractivity contribution is 7.98. The van der Waals surface area contributed by atoms with Gasteiger partial charge in [0.1, 0.15) is 0 Å². The van der Waals surface area contributed by atoms with E-state index in [0.29, 0.717) is 33.6 Å². The molecule has 0 radical (unpaired) electrons. The van der Waals surface area contributed by atoms with Gasteiger partial charge >= 0.3 is 0 Å². The van der Waals surface area contributed by atoms with Gasteiger partial charge in [0.25, 0.3) is 11.1 Å². The molecule has 27 heavy (non-hydrogen) atoms. The lowest BCUT2D eigenvalue weighted by atomic mass is 10.1.